The molecular weight excluding hydrogens is 624 g/mol. The van der Waals surface area contributed by atoms with Crippen molar-refractivity contribution in [2.75, 3.05) is 33.1 Å². The monoisotopic (exact) mass is 656 g/mol. The van der Waals surface area contributed by atoms with E-state index >= 15 is 0 Å². The third-order valence-corrected chi connectivity index (χ3v) is 8.31. The van der Waals surface area contributed by atoms with Crippen molar-refractivity contribution in [1.29, 1.82) is 0 Å². The molecule has 1 heterocycles. The molecule has 2 aromatic rings. The van der Waals surface area contributed by atoms with Gasteiger partial charge in [-0.3, -0.25) is 9.76 Å². The van der Waals surface area contributed by atoms with Gasteiger partial charge in [-0.2, -0.15) is 12.7 Å². The van der Waals surface area contributed by atoms with Crippen LogP contribution in [0.2, 0.25) is 0 Å². The number of rotatable bonds is 16. The number of carbonyl (C=O) groups excluding carboxylic acids is 1. The summed E-state index contributed by atoms with van der Waals surface area (Å²) in [4.78, 5) is 11.5. The van der Waals surface area contributed by atoms with E-state index in [2.05, 4.69) is 4.18 Å². The van der Waals surface area contributed by atoms with Crippen LogP contribution in [-0.4, -0.2) is 81.2 Å². The quantitative estimate of drug-likeness (QED) is 0.0714. The van der Waals surface area contributed by atoms with Gasteiger partial charge in [0.15, 0.2) is 17.6 Å². The Morgan fingerprint density at radius 2 is 1.71 bits per heavy atom. The molecule has 14 nitrogen and oxygen atoms in total. The molecule has 1 unspecified atom stereocenters. The summed E-state index contributed by atoms with van der Waals surface area (Å²) in [5.41, 5.74) is 0.631. The number of ether oxygens (including phenoxy) is 3. The van der Waals surface area contributed by atoms with Gasteiger partial charge in [-0.05, 0) is 48.6 Å². The third kappa shape index (κ3) is 11.2. The summed E-state index contributed by atoms with van der Waals surface area (Å²) < 4.78 is 78.2. The molecule has 42 heavy (non-hydrogen) atoms. The fourth-order valence-electron chi connectivity index (χ4n) is 4.06. The minimum atomic E-state index is -4.51. The van der Waals surface area contributed by atoms with Crippen molar-refractivity contribution in [2.24, 2.45) is 5.92 Å². The molecule has 228 valence electrons. The van der Waals surface area contributed by atoms with Crippen molar-refractivity contribution in [3.63, 3.8) is 0 Å². The van der Waals surface area contributed by atoms with Crippen LogP contribution in [0.3, 0.4) is 0 Å². The zero-order valence-electron chi connectivity index (χ0n) is 23.5. The van der Waals surface area contributed by atoms with Gasteiger partial charge in [0.1, 0.15) is 5.75 Å². The number of nitrogens with zero attached hydrogens (tertiary/aromatic N) is 2. The van der Waals surface area contributed by atoms with Crippen molar-refractivity contribution in [3.05, 3.63) is 48.0 Å². The SMILES string of the molecule is CC(C)CN(CCC(Cc1ccc(OCCCOS(=O)(=O)O)cc1)N(O)C(=O)[O-])S(=O)(=O)c1ccc2c(c1)OCO2.[K+]. The number of amides is 1. The minimum absolute atomic E-state index is 0. The van der Waals surface area contributed by atoms with Crippen molar-refractivity contribution in [2.45, 2.75) is 44.0 Å². The molecular formula is C25H33KN2O12S2. The number of fused-ring (bicyclic) bond motifs is 1. The van der Waals surface area contributed by atoms with Gasteiger partial charge in [-0.15, -0.1) is 0 Å². The maximum atomic E-state index is 13.5. The van der Waals surface area contributed by atoms with Gasteiger partial charge < -0.3 is 24.1 Å². The molecule has 0 saturated heterocycles. The summed E-state index contributed by atoms with van der Waals surface area (Å²) in [5.74, 6) is 1.14. The van der Waals surface area contributed by atoms with Crippen LogP contribution in [0.15, 0.2) is 47.4 Å². The van der Waals surface area contributed by atoms with Gasteiger partial charge in [-0.25, -0.2) is 17.7 Å². The molecule has 0 bridgehead atoms. The summed E-state index contributed by atoms with van der Waals surface area (Å²) >= 11 is 0. The zero-order chi connectivity index (χ0) is 30.2. The van der Waals surface area contributed by atoms with Gasteiger partial charge >= 0.3 is 61.8 Å². The van der Waals surface area contributed by atoms with Crippen LogP contribution in [0.5, 0.6) is 17.2 Å². The molecule has 1 atom stereocenters. The third-order valence-electron chi connectivity index (χ3n) is 5.98. The zero-order valence-corrected chi connectivity index (χ0v) is 28.3. The second-order valence-electron chi connectivity index (χ2n) is 9.62. The maximum absolute atomic E-state index is 13.5. The molecule has 0 radical (unpaired) electrons. The minimum Gasteiger partial charge on any atom is -0.528 e. The number of carboxylic acid groups (broad SMARTS) is 1. The van der Waals surface area contributed by atoms with Gasteiger partial charge in [0.2, 0.25) is 16.8 Å². The van der Waals surface area contributed by atoms with Gasteiger partial charge in [0, 0.05) is 25.6 Å². The Morgan fingerprint density at radius 3 is 2.33 bits per heavy atom. The second kappa shape index (κ2) is 16.5. The first kappa shape index (κ1) is 36.7. The first-order valence-corrected chi connectivity index (χ1v) is 15.5. The molecule has 1 amide bonds. The van der Waals surface area contributed by atoms with Crippen LogP contribution >= 0.6 is 0 Å². The van der Waals surface area contributed by atoms with Gasteiger partial charge in [-0.1, -0.05) is 26.0 Å². The fourth-order valence-corrected chi connectivity index (χ4v) is 6.03. The van der Waals surface area contributed by atoms with Crippen LogP contribution < -0.4 is 70.7 Å². The molecule has 1 aliphatic heterocycles. The van der Waals surface area contributed by atoms with Crippen LogP contribution in [0.1, 0.15) is 32.3 Å². The van der Waals surface area contributed by atoms with E-state index in [1.165, 1.54) is 22.5 Å². The standard InChI is InChI=1S/C25H34N2O12S2.K/c1-18(2)16-26(40(31,32)22-8-9-23-24(15-22)38-17-37-23)11-10-20(27(30)25(28)29)14-19-4-6-21(7-5-19)36-12-3-13-39-41(33,34)35;/h4-9,15,18,20,30H,3,10-14,16-17H2,1-2H3,(H,28,29)(H,33,34,35);/q;+1/p-1. The Labute approximate surface area is 287 Å². The average molecular weight is 657 g/mol. The van der Waals surface area contributed by atoms with E-state index < -0.39 is 32.6 Å². The summed E-state index contributed by atoms with van der Waals surface area (Å²) in [6.45, 7) is 3.61. The maximum Gasteiger partial charge on any atom is 1.00 e. The van der Waals surface area contributed by atoms with Crippen molar-refractivity contribution < 1.29 is 106 Å². The molecule has 2 aromatic carbocycles. The topological polar surface area (TPSA) is 192 Å². The fraction of sp³-hybridized carbons (Fsp3) is 0.480. The molecule has 0 spiro atoms. The Kier molecular flexibility index (Phi) is 14.4. The van der Waals surface area contributed by atoms with Crippen LogP contribution in [0.4, 0.5) is 4.79 Å². The van der Waals surface area contributed by atoms with E-state index in [-0.39, 0.29) is 120 Å². The van der Waals surface area contributed by atoms with E-state index in [1.54, 1.807) is 24.3 Å². The number of hydroxylamine groups is 2. The van der Waals surface area contributed by atoms with Crippen LogP contribution in [0.25, 0.3) is 0 Å². The number of hydrogen-bond donors (Lipinski definition) is 2. The summed E-state index contributed by atoms with van der Waals surface area (Å²) in [6, 6.07) is 9.79. The van der Waals surface area contributed by atoms with Gasteiger partial charge in [0.05, 0.1) is 24.2 Å². The smallest absolute Gasteiger partial charge is 0.528 e. The van der Waals surface area contributed by atoms with Crippen molar-refractivity contribution >= 4 is 26.5 Å². The second-order valence-corrected chi connectivity index (χ2v) is 12.7. The average Bonchev–Trinajstić information content (AvgIpc) is 3.37. The molecule has 0 fully saturated rings. The van der Waals surface area contributed by atoms with E-state index in [0.29, 0.717) is 22.8 Å². The Balaban J connectivity index is 0.00000616. The van der Waals surface area contributed by atoms with E-state index in [9.17, 15) is 31.9 Å². The number of sulfonamides is 1. The van der Waals surface area contributed by atoms with E-state index in [4.69, 9.17) is 18.8 Å². The Morgan fingerprint density at radius 1 is 1.05 bits per heavy atom. The summed E-state index contributed by atoms with van der Waals surface area (Å²) in [6.07, 6.45) is -1.62. The molecule has 2 N–H and O–H groups in total. The normalized spacial score (nSPS) is 13.6. The number of hydrogen-bond acceptors (Lipinski definition) is 11. The van der Waals surface area contributed by atoms with E-state index in [0.717, 1.165) is 0 Å². The molecule has 0 aliphatic carbocycles. The van der Waals surface area contributed by atoms with E-state index in [1.807, 2.05) is 13.8 Å². The predicted octanol–water partition coefficient (Wildman–Crippen LogP) is -1.31. The molecule has 3 rings (SSSR count). The largest absolute Gasteiger partial charge is 1.00 e. The first-order valence-electron chi connectivity index (χ1n) is 12.7. The van der Waals surface area contributed by atoms with Crippen molar-refractivity contribution in [1.82, 2.24) is 9.37 Å². The first-order chi connectivity index (χ1) is 19.3. The number of benzene rings is 2. The summed E-state index contributed by atoms with van der Waals surface area (Å²) in [7, 11) is -8.51. The molecule has 0 aromatic heterocycles. The molecule has 1 aliphatic rings. The molecule has 17 heteroatoms. The molecule has 0 saturated carbocycles. The summed E-state index contributed by atoms with van der Waals surface area (Å²) in [5, 5.41) is 21.8. The number of carbonyl (C=O) groups is 1. The van der Waals surface area contributed by atoms with Crippen LogP contribution in [0, 0.1) is 5.92 Å². The van der Waals surface area contributed by atoms with Crippen LogP contribution in [-0.2, 0) is 31.0 Å². The Hall–Kier alpha value is -1.51. The van der Waals surface area contributed by atoms with Gasteiger partial charge in [0.25, 0.3) is 0 Å². The Bertz CT molecular complexity index is 1390. The predicted molar refractivity (Wildman–Crippen MR) is 141 cm³/mol. The van der Waals surface area contributed by atoms with Crippen molar-refractivity contribution in [3.8, 4) is 17.2 Å².